The van der Waals surface area contributed by atoms with E-state index in [4.69, 9.17) is 4.74 Å². The van der Waals surface area contributed by atoms with E-state index in [0.717, 1.165) is 18.2 Å². The molecule has 0 spiro atoms. The van der Waals surface area contributed by atoms with Crippen molar-refractivity contribution in [3.05, 3.63) is 35.1 Å². The molecule has 0 unspecified atom stereocenters. The summed E-state index contributed by atoms with van der Waals surface area (Å²) in [6.45, 7) is 4.21. The second kappa shape index (κ2) is 4.79. The minimum atomic E-state index is -5.14. The van der Waals surface area contributed by atoms with Crippen molar-refractivity contribution in [2.75, 3.05) is 0 Å². The summed E-state index contributed by atoms with van der Waals surface area (Å²) in [5, 5.41) is 0. The van der Waals surface area contributed by atoms with E-state index in [2.05, 4.69) is 0 Å². The predicted octanol–water partition coefficient (Wildman–Crippen LogP) is 3.45. The fraction of sp³-hybridized carbons (Fsp3) is 0.467. The Morgan fingerprint density at radius 2 is 1.82 bits per heavy atom. The lowest BCUT2D eigenvalue weighted by molar-refractivity contribution is -0.223. The molecule has 22 heavy (non-hydrogen) atoms. The van der Waals surface area contributed by atoms with Gasteiger partial charge in [-0.05, 0) is 44.5 Å². The average Bonchev–Trinajstić information content (AvgIpc) is 2.60. The second-order valence-corrected chi connectivity index (χ2v) is 6.21. The van der Waals surface area contributed by atoms with Crippen LogP contribution in [0, 0.1) is 11.2 Å². The summed E-state index contributed by atoms with van der Waals surface area (Å²) < 4.78 is 58.6. The first-order valence-corrected chi connectivity index (χ1v) is 6.52. The molecule has 0 aromatic heterocycles. The van der Waals surface area contributed by atoms with Crippen molar-refractivity contribution < 1.29 is 31.9 Å². The zero-order valence-corrected chi connectivity index (χ0v) is 12.2. The largest absolute Gasteiger partial charge is 0.459 e. The van der Waals surface area contributed by atoms with Gasteiger partial charge in [-0.25, -0.2) is 4.39 Å². The molecule has 1 aliphatic rings. The standard InChI is InChI=1S/C15H14F4O3/c1-13(2,3)22-12(21)14(15(17,18)19)7-8-6-9(16)4-5-10(8)11(14)20/h4-6H,7H2,1-3H3/t14-/m1/s1. The van der Waals surface area contributed by atoms with E-state index >= 15 is 0 Å². The average molecular weight is 318 g/mol. The number of hydrogen-bond donors (Lipinski definition) is 0. The summed E-state index contributed by atoms with van der Waals surface area (Å²) in [5.41, 5.74) is -4.94. The Bertz CT molecular complexity index is 643. The van der Waals surface area contributed by atoms with Crippen molar-refractivity contribution in [3.63, 3.8) is 0 Å². The van der Waals surface area contributed by atoms with Gasteiger partial charge in [-0.15, -0.1) is 0 Å². The Hall–Kier alpha value is -1.92. The first kappa shape index (κ1) is 16.5. The second-order valence-electron chi connectivity index (χ2n) is 6.21. The number of fused-ring (bicyclic) bond motifs is 1. The van der Waals surface area contributed by atoms with Crippen LogP contribution in [0.25, 0.3) is 0 Å². The van der Waals surface area contributed by atoms with Crippen LogP contribution >= 0.6 is 0 Å². The Balaban J connectivity index is 2.56. The van der Waals surface area contributed by atoms with Crippen molar-refractivity contribution >= 4 is 11.8 Å². The summed E-state index contributed by atoms with van der Waals surface area (Å²) in [4.78, 5) is 24.4. The minimum absolute atomic E-state index is 0.145. The molecule has 0 bridgehead atoms. The minimum Gasteiger partial charge on any atom is -0.459 e. The Morgan fingerprint density at radius 1 is 1.23 bits per heavy atom. The number of Topliss-reactive ketones (excluding diaryl/α,β-unsaturated/α-hetero) is 1. The molecule has 0 amide bonds. The summed E-state index contributed by atoms with van der Waals surface area (Å²) in [6, 6.07) is 2.69. The number of benzene rings is 1. The zero-order chi connectivity index (χ0) is 16.9. The first-order valence-electron chi connectivity index (χ1n) is 6.52. The number of esters is 1. The van der Waals surface area contributed by atoms with Crippen LogP contribution in [0.3, 0.4) is 0 Å². The number of carbonyl (C=O) groups is 2. The normalized spacial score (nSPS) is 21.7. The van der Waals surface area contributed by atoms with Crippen LogP contribution in [0.1, 0.15) is 36.7 Å². The topological polar surface area (TPSA) is 43.4 Å². The fourth-order valence-electron chi connectivity index (χ4n) is 2.40. The monoisotopic (exact) mass is 318 g/mol. The highest BCUT2D eigenvalue weighted by Gasteiger charge is 2.69. The van der Waals surface area contributed by atoms with Gasteiger partial charge >= 0.3 is 12.1 Å². The highest BCUT2D eigenvalue weighted by atomic mass is 19.4. The van der Waals surface area contributed by atoms with E-state index in [0.29, 0.717) is 0 Å². The first-order chi connectivity index (χ1) is 9.88. The lowest BCUT2D eigenvalue weighted by Crippen LogP contribution is -2.52. The van der Waals surface area contributed by atoms with E-state index in [9.17, 15) is 27.2 Å². The Labute approximate surface area is 124 Å². The van der Waals surface area contributed by atoms with Crippen LogP contribution in [0.5, 0.6) is 0 Å². The van der Waals surface area contributed by atoms with Crippen LogP contribution in [0.15, 0.2) is 18.2 Å². The predicted molar refractivity (Wildman–Crippen MR) is 68.8 cm³/mol. The van der Waals surface area contributed by atoms with Crippen LogP contribution in [0.4, 0.5) is 17.6 Å². The molecule has 0 N–H and O–H groups in total. The molecule has 0 saturated carbocycles. The van der Waals surface area contributed by atoms with Crippen LogP contribution in [-0.2, 0) is 16.0 Å². The fourth-order valence-corrected chi connectivity index (χ4v) is 2.40. The molecular formula is C15H14F4O3. The Morgan fingerprint density at radius 3 is 2.32 bits per heavy atom. The molecule has 7 heteroatoms. The van der Waals surface area contributed by atoms with E-state index in [1.54, 1.807) is 0 Å². The van der Waals surface area contributed by atoms with Gasteiger partial charge in [-0.1, -0.05) is 0 Å². The summed E-state index contributed by atoms with van der Waals surface area (Å²) in [6.07, 6.45) is -6.08. The molecule has 0 aliphatic heterocycles. The van der Waals surface area contributed by atoms with Crippen molar-refractivity contribution in [2.45, 2.75) is 39.0 Å². The third-order valence-electron chi connectivity index (χ3n) is 3.39. The lowest BCUT2D eigenvalue weighted by atomic mass is 9.82. The summed E-state index contributed by atoms with van der Waals surface area (Å²) in [7, 11) is 0. The zero-order valence-electron chi connectivity index (χ0n) is 12.2. The molecule has 1 atom stereocenters. The number of halogens is 4. The van der Waals surface area contributed by atoms with Gasteiger partial charge in [0.2, 0.25) is 5.41 Å². The van der Waals surface area contributed by atoms with Gasteiger partial charge in [0.05, 0.1) is 0 Å². The molecule has 1 aliphatic carbocycles. The molecule has 1 aromatic carbocycles. The van der Waals surface area contributed by atoms with Gasteiger partial charge in [0, 0.05) is 12.0 Å². The van der Waals surface area contributed by atoms with Crippen LogP contribution in [0.2, 0.25) is 0 Å². The quantitative estimate of drug-likeness (QED) is 0.452. The number of alkyl halides is 3. The van der Waals surface area contributed by atoms with Gasteiger partial charge in [-0.3, -0.25) is 9.59 Å². The summed E-state index contributed by atoms with van der Waals surface area (Å²) >= 11 is 0. The van der Waals surface area contributed by atoms with E-state index in [-0.39, 0.29) is 11.1 Å². The van der Waals surface area contributed by atoms with Crippen LogP contribution in [-0.4, -0.2) is 23.5 Å². The SMILES string of the molecule is CC(C)(C)OC(=O)[C@@]1(C(F)(F)F)Cc2cc(F)ccc2C1=O. The molecule has 0 fully saturated rings. The third-order valence-corrected chi connectivity index (χ3v) is 3.39. The molecule has 3 nitrogen and oxygen atoms in total. The molecule has 0 radical (unpaired) electrons. The number of ketones is 1. The van der Waals surface area contributed by atoms with Crippen LogP contribution < -0.4 is 0 Å². The Kier molecular flexibility index (Phi) is 3.58. The number of hydrogen-bond acceptors (Lipinski definition) is 3. The van der Waals surface area contributed by atoms with Gasteiger partial charge < -0.3 is 4.74 Å². The van der Waals surface area contributed by atoms with Gasteiger partial charge in [0.1, 0.15) is 11.4 Å². The van der Waals surface area contributed by atoms with Crippen molar-refractivity contribution in [3.8, 4) is 0 Å². The van der Waals surface area contributed by atoms with Crippen molar-refractivity contribution in [1.29, 1.82) is 0 Å². The summed E-state index contributed by atoms with van der Waals surface area (Å²) in [5.74, 6) is -3.83. The highest BCUT2D eigenvalue weighted by molar-refractivity contribution is 6.16. The van der Waals surface area contributed by atoms with Gasteiger partial charge in [-0.2, -0.15) is 13.2 Å². The maximum Gasteiger partial charge on any atom is 0.412 e. The lowest BCUT2D eigenvalue weighted by Gasteiger charge is -2.31. The molecule has 1 aromatic rings. The van der Waals surface area contributed by atoms with E-state index in [1.807, 2.05) is 0 Å². The van der Waals surface area contributed by atoms with Gasteiger partial charge in [0.15, 0.2) is 5.78 Å². The molecule has 120 valence electrons. The van der Waals surface area contributed by atoms with E-state index in [1.165, 1.54) is 20.8 Å². The van der Waals surface area contributed by atoms with E-state index < -0.39 is 41.2 Å². The number of carbonyl (C=O) groups excluding carboxylic acids is 2. The molecular weight excluding hydrogens is 304 g/mol. The maximum atomic E-state index is 13.5. The number of rotatable bonds is 1. The molecule has 0 saturated heterocycles. The molecule has 0 heterocycles. The number of ether oxygens (including phenoxy) is 1. The van der Waals surface area contributed by atoms with Gasteiger partial charge in [0.25, 0.3) is 0 Å². The maximum absolute atomic E-state index is 13.5. The molecule has 2 rings (SSSR count). The highest BCUT2D eigenvalue weighted by Crippen LogP contribution is 2.50. The van der Waals surface area contributed by atoms with Crippen molar-refractivity contribution in [1.82, 2.24) is 0 Å². The third kappa shape index (κ3) is 2.48. The van der Waals surface area contributed by atoms with Crippen molar-refractivity contribution in [2.24, 2.45) is 5.41 Å². The smallest absolute Gasteiger partial charge is 0.412 e.